The number of alkyl halides is 3. The van der Waals surface area contributed by atoms with E-state index in [2.05, 4.69) is 20.7 Å². The van der Waals surface area contributed by atoms with Gasteiger partial charge in [-0.2, -0.15) is 18.3 Å². The molecule has 0 fully saturated rings. The highest BCUT2D eigenvalue weighted by molar-refractivity contribution is 5.95. The molecule has 0 aliphatic heterocycles. The topological polar surface area (TPSA) is 88.9 Å². The second-order valence-corrected chi connectivity index (χ2v) is 6.55. The highest BCUT2D eigenvalue weighted by Crippen LogP contribution is 2.29. The summed E-state index contributed by atoms with van der Waals surface area (Å²) < 4.78 is 39.4. The van der Waals surface area contributed by atoms with Gasteiger partial charge < -0.3 is 10.6 Å². The Bertz CT molecular complexity index is 1050. The fourth-order valence-corrected chi connectivity index (χ4v) is 2.94. The normalized spacial score (nSPS) is 11.2. The zero-order valence-electron chi connectivity index (χ0n) is 16.6. The maximum Gasteiger partial charge on any atom is 0.416 e. The summed E-state index contributed by atoms with van der Waals surface area (Å²) in [5.74, 6) is -0.273. The Labute approximate surface area is 176 Å². The van der Waals surface area contributed by atoms with Gasteiger partial charge in [0, 0.05) is 24.8 Å². The lowest BCUT2D eigenvalue weighted by Crippen LogP contribution is -2.35. The quantitative estimate of drug-likeness (QED) is 0.563. The number of hydrogen-bond acceptors (Lipinski definition) is 4. The molecular formula is C21H20F3N5O2. The third kappa shape index (κ3) is 5.27. The predicted molar refractivity (Wildman–Crippen MR) is 107 cm³/mol. The number of benzene rings is 1. The molecule has 3 rings (SSSR count). The van der Waals surface area contributed by atoms with Crippen LogP contribution in [0.1, 0.15) is 38.9 Å². The van der Waals surface area contributed by atoms with E-state index in [1.54, 1.807) is 23.0 Å². The Hall–Kier alpha value is -3.69. The van der Waals surface area contributed by atoms with Crippen molar-refractivity contribution in [2.45, 2.75) is 19.5 Å². The molecule has 0 unspecified atom stereocenters. The Balaban J connectivity index is 1.54. The number of nitrogens with zero attached hydrogens (tertiary/aromatic N) is 3. The summed E-state index contributed by atoms with van der Waals surface area (Å²) in [5, 5.41) is 9.50. The van der Waals surface area contributed by atoms with Crippen molar-refractivity contribution in [2.75, 3.05) is 13.1 Å². The van der Waals surface area contributed by atoms with Gasteiger partial charge in [-0.05, 0) is 42.8 Å². The number of hydrogen-bond donors (Lipinski definition) is 2. The van der Waals surface area contributed by atoms with Crippen LogP contribution < -0.4 is 10.6 Å². The van der Waals surface area contributed by atoms with Crippen molar-refractivity contribution in [3.63, 3.8) is 0 Å². The van der Waals surface area contributed by atoms with Crippen molar-refractivity contribution in [2.24, 2.45) is 0 Å². The summed E-state index contributed by atoms with van der Waals surface area (Å²) in [7, 11) is 0. The number of pyridine rings is 1. The van der Waals surface area contributed by atoms with Gasteiger partial charge in [0.25, 0.3) is 11.8 Å². The summed E-state index contributed by atoms with van der Waals surface area (Å²) >= 11 is 0. The third-order valence-corrected chi connectivity index (χ3v) is 4.49. The predicted octanol–water partition coefficient (Wildman–Crippen LogP) is 3.01. The minimum absolute atomic E-state index is 0.101. The van der Waals surface area contributed by atoms with Crippen molar-refractivity contribution in [3.8, 4) is 5.82 Å². The van der Waals surface area contributed by atoms with E-state index in [9.17, 15) is 22.8 Å². The van der Waals surface area contributed by atoms with Crippen molar-refractivity contribution in [1.29, 1.82) is 0 Å². The van der Waals surface area contributed by atoms with Gasteiger partial charge in [0.1, 0.15) is 0 Å². The third-order valence-electron chi connectivity index (χ3n) is 4.49. The van der Waals surface area contributed by atoms with Crippen molar-refractivity contribution >= 4 is 11.8 Å². The molecule has 3 aromatic rings. The minimum Gasteiger partial charge on any atom is -0.350 e. The molecule has 31 heavy (non-hydrogen) atoms. The Morgan fingerprint density at radius 1 is 1.00 bits per heavy atom. The summed E-state index contributed by atoms with van der Waals surface area (Å²) in [6.07, 6.45) is -0.801. The second-order valence-electron chi connectivity index (χ2n) is 6.55. The molecule has 0 aliphatic rings. The molecule has 0 saturated carbocycles. The number of rotatable bonds is 7. The highest BCUT2D eigenvalue weighted by Gasteiger charge is 2.30. The molecule has 7 nitrogen and oxygen atoms in total. The van der Waals surface area contributed by atoms with Crippen molar-refractivity contribution in [3.05, 3.63) is 77.2 Å². The van der Waals surface area contributed by atoms with Crippen LogP contribution in [0.5, 0.6) is 0 Å². The van der Waals surface area contributed by atoms with Gasteiger partial charge in [-0.25, -0.2) is 9.67 Å². The largest absolute Gasteiger partial charge is 0.416 e. The number of carbonyl (C=O) groups is 2. The van der Waals surface area contributed by atoms with Crippen LogP contribution in [0.15, 0.2) is 54.9 Å². The molecule has 2 N–H and O–H groups in total. The number of carbonyl (C=O) groups excluding carboxylic acids is 2. The Morgan fingerprint density at radius 3 is 2.26 bits per heavy atom. The Morgan fingerprint density at radius 2 is 1.68 bits per heavy atom. The minimum atomic E-state index is -4.46. The van der Waals surface area contributed by atoms with Crippen LogP contribution in [-0.4, -0.2) is 39.7 Å². The van der Waals surface area contributed by atoms with Gasteiger partial charge in [0.2, 0.25) is 0 Å². The first-order valence-electron chi connectivity index (χ1n) is 9.53. The average Bonchev–Trinajstić information content (AvgIpc) is 3.21. The van der Waals surface area contributed by atoms with Gasteiger partial charge in [-0.3, -0.25) is 9.59 Å². The lowest BCUT2D eigenvalue weighted by molar-refractivity contribution is -0.137. The maximum atomic E-state index is 12.6. The molecule has 0 radical (unpaired) electrons. The first-order valence-corrected chi connectivity index (χ1v) is 9.53. The van der Waals surface area contributed by atoms with Gasteiger partial charge in [-0.15, -0.1) is 0 Å². The van der Waals surface area contributed by atoms with Gasteiger partial charge in [-0.1, -0.05) is 13.0 Å². The molecule has 162 valence electrons. The van der Waals surface area contributed by atoms with E-state index >= 15 is 0 Å². The lowest BCUT2D eigenvalue weighted by Gasteiger charge is -2.10. The monoisotopic (exact) mass is 431 g/mol. The van der Waals surface area contributed by atoms with Crippen LogP contribution in [0.25, 0.3) is 5.82 Å². The number of nitrogens with one attached hydrogen (secondary N) is 2. The average molecular weight is 431 g/mol. The number of aromatic nitrogens is 3. The van der Waals surface area contributed by atoms with E-state index in [1.165, 1.54) is 6.20 Å². The SMILES string of the molecule is CCc1c(C(=O)NCCNC(=O)c2ccc(C(F)(F)F)cc2)cnn1-c1ccccn1. The molecule has 0 bridgehead atoms. The van der Waals surface area contributed by atoms with E-state index in [4.69, 9.17) is 0 Å². The van der Waals surface area contributed by atoms with Crippen LogP contribution in [0.2, 0.25) is 0 Å². The summed E-state index contributed by atoms with van der Waals surface area (Å²) in [5.41, 5.74) is 0.380. The van der Waals surface area contributed by atoms with Gasteiger partial charge in [0.15, 0.2) is 5.82 Å². The van der Waals surface area contributed by atoms with E-state index in [0.717, 1.165) is 24.3 Å². The molecular weight excluding hydrogens is 411 g/mol. The molecule has 2 heterocycles. The van der Waals surface area contributed by atoms with E-state index in [1.807, 2.05) is 13.0 Å². The van der Waals surface area contributed by atoms with Crippen molar-refractivity contribution in [1.82, 2.24) is 25.4 Å². The molecule has 10 heteroatoms. The molecule has 0 aliphatic carbocycles. The first kappa shape index (κ1) is 22.0. The van der Waals surface area contributed by atoms with Crippen LogP contribution in [0.3, 0.4) is 0 Å². The molecule has 0 spiro atoms. The van der Waals surface area contributed by atoms with E-state index in [0.29, 0.717) is 23.5 Å². The zero-order valence-corrected chi connectivity index (χ0v) is 16.6. The van der Waals surface area contributed by atoms with E-state index < -0.39 is 17.6 Å². The summed E-state index contributed by atoms with van der Waals surface area (Å²) in [4.78, 5) is 28.8. The Kier molecular flexibility index (Phi) is 6.68. The fraction of sp³-hybridized carbons (Fsp3) is 0.238. The molecule has 1 aromatic carbocycles. The van der Waals surface area contributed by atoms with Crippen LogP contribution >= 0.6 is 0 Å². The second kappa shape index (κ2) is 9.41. The standard InChI is InChI=1S/C21H20F3N5O2/c1-2-17-16(13-28-29(17)18-5-3-4-10-25-18)20(31)27-12-11-26-19(30)14-6-8-15(9-7-14)21(22,23)24/h3-10,13H,2,11-12H2,1H3,(H,26,30)(H,27,31). The van der Waals surface area contributed by atoms with Crippen molar-refractivity contribution < 1.29 is 22.8 Å². The van der Waals surface area contributed by atoms with E-state index in [-0.39, 0.29) is 24.6 Å². The van der Waals surface area contributed by atoms with Gasteiger partial charge >= 0.3 is 6.18 Å². The molecule has 2 amide bonds. The lowest BCUT2D eigenvalue weighted by atomic mass is 10.1. The van der Waals surface area contributed by atoms with Crippen LogP contribution in [-0.2, 0) is 12.6 Å². The maximum absolute atomic E-state index is 12.6. The zero-order chi connectivity index (χ0) is 22.4. The van der Waals surface area contributed by atoms with Crippen LogP contribution in [0.4, 0.5) is 13.2 Å². The van der Waals surface area contributed by atoms with Crippen LogP contribution in [0, 0.1) is 0 Å². The van der Waals surface area contributed by atoms with Gasteiger partial charge in [0.05, 0.1) is 23.0 Å². The fourth-order valence-electron chi connectivity index (χ4n) is 2.94. The number of amides is 2. The highest BCUT2D eigenvalue weighted by atomic mass is 19.4. The summed E-state index contributed by atoms with van der Waals surface area (Å²) in [6.45, 7) is 2.15. The molecule has 0 saturated heterocycles. The first-order chi connectivity index (χ1) is 14.8. The molecule has 0 atom stereocenters. The smallest absolute Gasteiger partial charge is 0.350 e. The summed E-state index contributed by atoms with van der Waals surface area (Å²) in [6, 6.07) is 9.30. The number of halogens is 3. The molecule has 2 aromatic heterocycles.